The molecule has 0 unspecified atom stereocenters. The van der Waals surface area contributed by atoms with Crippen LogP contribution in [-0.4, -0.2) is 6.21 Å². The van der Waals surface area contributed by atoms with E-state index >= 15 is 0 Å². The highest BCUT2D eigenvalue weighted by Crippen LogP contribution is 2.06. The third-order valence-electron chi connectivity index (χ3n) is 1.48. The summed E-state index contributed by atoms with van der Waals surface area (Å²) in [5, 5.41) is 7.02. The van der Waals surface area contributed by atoms with Gasteiger partial charge in [0.05, 0.1) is 0 Å². The highest BCUT2D eigenvalue weighted by Gasteiger charge is 1.91. The Kier molecular flexibility index (Phi) is 5.28. The molecule has 0 aliphatic carbocycles. The third-order valence-corrected chi connectivity index (χ3v) is 1.48. The largest absolute Gasteiger partial charge is 0.402 e. The molecule has 0 bridgehead atoms. The first-order valence-corrected chi connectivity index (χ1v) is 4.06. The Hall–Kier alpha value is -1.57. The minimum Gasteiger partial charge on any atom is -0.402 e. The van der Waals surface area contributed by atoms with Gasteiger partial charge in [0.2, 0.25) is 0 Å². The summed E-state index contributed by atoms with van der Waals surface area (Å²) in [4.78, 5) is 0. The Morgan fingerprint density at radius 3 is 2.38 bits per heavy atom. The van der Waals surface area contributed by atoms with Crippen molar-refractivity contribution in [2.75, 3.05) is 0 Å². The topological polar surface area (TPSA) is 49.9 Å². The first kappa shape index (κ1) is 11.4. The van der Waals surface area contributed by atoms with Crippen molar-refractivity contribution in [3.05, 3.63) is 47.7 Å². The molecule has 0 saturated carbocycles. The first-order chi connectivity index (χ1) is 6.11. The van der Waals surface area contributed by atoms with Crippen LogP contribution in [-0.2, 0) is 0 Å². The summed E-state index contributed by atoms with van der Waals surface area (Å²) in [6.07, 6.45) is 8.54. The zero-order chi connectivity index (χ0) is 10.3. The molecule has 0 heterocycles. The second-order valence-corrected chi connectivity index (χ2v) is 2.77. The van der Waals surface area contributed by atoms with Crippen LogP contribution < -0.4 is 5.73 Å². The Morgan fingerprint density at radius 1 is 1.38 bits per heavy atom. The maximum absolute atomic E-state index is 7.02. The van der Waals surface area contributed by atoms with Crippen molar-refractivity contribution in [2.24, 2.45) is 5.73 Å². The molecule has 2 nitrogen and oxygen atoms in total. The van der Waals surface area contributed by atoms with Crippen molar-refractivity contribution in [3.8, 4) is 0 Å². The fraction of sp³-hybridized carbons (Fsp3) is 0.182. The number of allylic oxidation sites excluding steroid dienone is 7. The molecule has 2 heteroatoms. The van der Waals surface area contributed by atoms with Crippen molar-refractivity contribution in [2.45, 2.75) is 13.8 Å². The lowest BCUT2D eigenvalue weighted by Gasteiger charge is -1.98. The van der Waals surface area contributed by atoms with Gasteiger partial charge in [0.25, 0.3) is 0 Å². The van der Waals surface area contributed by atoms with Gasteiger partial charge >= 0.3 is 0 Å². The maximum atomic E-state index is 7.02. The van der Waals surface area contributed by atoms with E-state index in [9.17, 15) is 0 Å². The summed E-state index contributed by atoms with van der Waals surface area (Å²) in [6.45, 7) is 7.26. The molecule has 0 aromatic carbocycles. The van der Waals surface area contributed by atoms with E-state index in [1.54, 1.807) is 6.08 Å². The molecule has 0 aromatic rings. The average Bonchev–Trinajstić information content (AvgIpc) is 2.11. The van der Waals surface area contributed by atoms with Gasteiger partial charge < -0.3 is 11.1 Å². The first-order valence-electron chi connectivity index (χ1n) is 4.06. The van der Waals surface area contributed by atoms with Gasteiger partial charge in [0, 0.05) is 11.9 Å². The zero-order valence-electron chi connectivity index (χ0n) is 8.17. The molecule has 0 fully saturated rings. The van der Waals surface area contributed by atoms with E-state index < -0.39 is 0 Å². The summed E-state index contributed by atoms with van der Waals surface area (Å²) in [5.41, 5.74) is 8.18. The van der Waals surface area contributed by atoms with E-state index in [0.717, 1.165) is 16.8 Å². The molecule has 13 heavy (non-hydrogen) atoms. The van der Waals surface area contributed by atoms with E-state index in [1.807, 2.05) is 32.1 Å². The smallest absolute Gasteiger partial charge is 0.0207 e. The van der Waals surface area contributed by atoms with Gasteiger partial charge in [0.15, 0.2) is 0 Å². The van der Waals surface area contributed by atoms with Crippen molar-refractivity contribution < 1.29 is 0 Å². The standard InChI is InChI=1S/C11H16N2/c1-4-5-6-11(10(3)13)7-9(2)8-12/h4-8,12H,1,13H2,2-3H3/b6-5-,9-7-,11-10+,12-8?. The van der Waals surface area contributed by atoms with Crippen LogP contribution in [0.25, 0.3) is 0 Å². The average molecular weight is 176 g/mol. The molecular weight excluding hydrogens is 160 g/mol. The molecule has 70 valence electrons. The number of nitrogens with two attached hydrogens (primary N) is 1. The Morgan fingerprint density at radius 2 is 2.00 bits per heavy atom. The SMILES string of the molecule is C=C\C=C/C(/C=C(/C)C=N)=C(/C)N. The monoisotopic (exact) mass is 176 g/mol. The van der Waals surface area contributed by atoms with Gasteiger partial charge in [-0.3, -0.25) is 0 Å². The number of hydrogen-bond acceptors (Lipinski definition) is 2. The molecule has 0 rings (SSSR count). The Bertz CT molecular complexity index is 276. The second kappa shape index (κ2) is 6.00. The molecule has 0 saturated heterocycles. The van der Waals surface area contributed by atoms with Gasteiger partial charge in [-0.05, 0) is 31.1 Å². The summed E-state index contributed by atoms with van der Waals surface area (Å²) in [6, 6.07) is 0. The van der Waals surface area contributed by atoms with Crippen LogP contribution in [0.1, 0.15) is 13.8 Å². The molecule has 0 aromatic heterocycles. The van der Waals surface area contributed by atoms with Crippen LogP contribution in [0.5, 0.6) is 0 Å². The van der Waals surface area contributed by atoms with Gasteiger partial charge in [-0.15, -0.1) is 0 Å². The van der Waals surface area contributed by atoms with Crippen LogP contribution >= 0.6 is 0 Å². The van der Waals surface area contributed by atoms with Crippen molar-refractivity contribution in [1.29, 1.82) is 5.41 Å². The second-order valence-electron chi connectivity index (χ2n) is 2.77. The minimum atomic E-state index is 0.735. The molecule has 0 radical (unpaired) electrons. The molecule has 0 aliphatic rings. The molecular formula is C11H16N2. The van der Waals surface area contributed by atoms with E-state index in [4.69, 9.17) is 11.1 Å². The van der Waals surface area contributed by atoms with Gasteiger partial charge in [-0.2, -0.15) is 0 Å². The van der Waals surface area contributed by atoms with Crippen LogP contribution in [0, 0.1) is 5.41 Å². The molecule has 0 atom stereocenters. The third kappa shape index (κ3) is 4.80. The number of hydrogen-bond donors (Lipinski definition) is 2. The van der Waals surface area contributed by atoms with Gasteiger partial charge in [-0.25, -0.2) is 0 Å². The quantitative estimate of drug-likeness (QED) is 0.502. The summed E-state index contributed by atoms with van der Waals surface area (Å²) in [7, 11) is 0. The fourth-order valence-electron chi connectivity index (χ4n) is 0.752. The predicted octanol–water partition coefficient (Wildman–Crippen LogP) is 2.56. The summed E-state index contributed by atoms with van der Waals surface area (Å²) < 4.78 is 0. The predicted molar refractivity (Wildman–Crippen MR) is 58.8 cm³/mol. The Balaban J connectivity index is 4.86. The van der Waals surface area contributed by atoms with Crippen molar-refractivity contribution in [3.63, 3.8) is 0 Å². The Labute approximate surface area is 79.7 Å². The van der Waals surface area contributed by atoms with Gasteiger partial charge in [-0.1, -0.05) is 24.8 Å². The number of rotatable bonds is 4. The highest BCUT2D eigenvalue weighted by atomic mass is 14.6. The van der Waals surface area contributed by atoms with Crippen molar-refractivity contribution in [1.82, 2.24) is 0 Å². The number of nitrogens with one attached hydrogen (secondary N) is 1. The van der Waals surface area contributed by atoms with Crippen LogP contribution in [0.4, 0.5) is 0 Å². The molecule has 0 aliphatic heterocycles. The molecule has 0 amide bonds. The lowest BCUT2D eigenvalue weighted by atomic mass is 10.1. The normalized spacial score (nSPS) is 14.2. The fourth-order valence-corrected chi connectivity index (χ4v) is 0.752. The zero-order valence-corrected chi connectivity index (χ0v) is 8.17. The molecule has 0 spiro atoms. The lowest BCUT2D eigenvalue weighted by molar-refractivity contribution is 1.27. The van der Waals surface area contributed by atoms with E-state index in [1.165, 1.54) is 6.21 Å². The van der Waals surface area contributed by atoms with E-state index in [-0.39, 0.29) is 0 Å². The summed E-state index contributed by atoms with van der Waals surface area (Å²) >= 11 is 0. The van der Waals surface area contributed by atoms with E-state index in [2.05, 4.69) is 6.58 Å². The molecule has 3 N–H and O–H groups in total. The van der Waals surface area contributed by atoms with Crippen LogP contribution in [0.2, 0.25) is 0 Å². The summed E-state index contributed by atoms with van der Waals surface area (Å²) in [5.74, 6) is 0. The maximum Gasteiger partial charge on any atom is 0.0207 e. The van der Waals surface area contributed by atoms with Crippen molar-refractivity contribution >= 4 is 6.21 Å². The van der Waals surface area contributed by atoms with Gasteiger partial charge in [0.1, 0.15) is 0 Å². The van der Waals surface area contributed by atoms with Crippen LogP contribution in [0.3, 0.4) is 0 Å². The van der Waals surface area contributed by atoms with Crippen LogP contribution in [0.15, 0.2) is 47.7 Å². The highest BCUT2D eigenvalue weighted by molar-refractivity contribution is 5.76. The lowest BCUT2D eigenvalue weighted by Crippen LogP contribution is -1.95. The minimum absolute atomic E-state index is 0.735. The van der Waals surface area contributed by atoms with E-state index in [0.29, 0.717) is 0 Å².